The van der Waals surface area contributed by atoms with E-state index in [-0.39, 0.29) is 5.91 Å². The van der Waals surface area contributed by atoms with E-state index in [4.69, 9.17) is 0 Å². The molecule has 0 saturated heterocycles. The van der Waals surface area contributed by atoms with Crippen LogP contribution in [0, 0.1) is 0 Å². The molecular weight excluding hydrogens is 248 g/mol. The van der Waals surface area contributed by atoms with E-state index in [0.29, 0.717) is 6.54 Å². The fraction of sp³-hybridized carbons (Fsp3) is 0.588. The van der Waals surface area contributed by atoms with Crippen LogP contribution in [0.3, 0.4) is 0 Å². The molecule has 1 aromatic carbocycles. The van der Waals surface area contributed by atoms with Crippen molar-refractivity contribution in [2.75, 3.05) is 25.5 Å². The third-order valence-electron chi connectivity index (χ3n) is 3.69. The van der Waals surface area contributed by atoms with Crippen molar-refractivity contribution in [3.8, 4) is 0 Å². The second-order valence-corrected chi connectivity index (χ2v) is 5.18. The first-order valence-electron chi connectivity index (χ1n) is 7.72. The van der Waals surface area contributed by atoms with Crippen molar-refractivity contribution in [3.63, 3.8) is 0 Å². The molecule has 3 heteroatoms. The van der Waals surface area contributed by atoms with Crippen LogP contribution in [0.1, 0.15) is 44.7 Å². The number of unbranched alkanes of at least 4 members (excludes halogenated alkanes) is 1. The van der Waals surface area contributed by atoms with Crippen molar-refractivity contribution in [1.82, 2.24) is 4.90 Å². The van der Waals surface area contributed by atoms with Gasteiger partial charge in [-0.25, -0.2) is 0 Å². The number of hydrogen-bond acceptors (Lipinski definition) is 2. The topological polar surface area (TPSA) is 32.3 Å². The summed E-state index contributed by atoms with van der Waals surface area (Å²) in [7, 11) is 1.88. The molecule has 0 fully saturated rings. The third kappa shape index (κ3) is 4.55. The molecule has 3 nitrogen and oxygen atoms in total. The molecule has 1 aromatic rings. The monoisotopic (exact) mass is 276 g/mol. The van der Waals surface area contributed by atoms with Crippen LogP contribution in [0.25, 0.3) is 0 Å². The van der Waals surface area contributed by atoms with Crippen LogP contribution in [0.4, 0.5) is 5.69 Å². The highest BCUT2D eigenvalue weighted by molar-refractivity contribution is 5.81. The minimum absolute atomic E-state index is 0.159. The van der Waals surface area contributed by atoms with Crippen LogP contribution in [0.2, 0.25) is 0 Å². The first kappa shape index (κ1) is 16.5. The van der Waals surface area contributed by atoms with E-state index < -0.39 is 0 Å². The summed E-state index contributed by atoms with van der Waals surface area (Å²) in [5, 5.41) is 3.35. The lowest BCUT2D eigenvalue weighted by molar-refractivity contribution is -0.128. The quantitative estimate of drug-likeness (QED) is 0.788. The molecule has 1 amide bonds. The number of nitrogens with one attached hydrogen (secondary N) is 1. The molecule has 0 aliphatic heterocycles. The minimum Gasteiger partial charge on any atom is -0.376 e. The van der Waals surface area contributed by atoms with E-state index in [1.54, 1.807) is 0 Å². The van der Waals surface area contributed by atoms with E-state index in [9.17, 15) is 4.79 Å². The van der Waals surface area contributed by atoms with Gasteiger partial charge in [0.2, 0.25) is 5.91 Å². The lowest BCUT2D eigenvalue weighted by atomic mass is 10.0. The summed E-state index contributed by atoms with van der Waals surface area (Å²) < 4.78 is 0. The average molecular weight is 276 g/mol. The summed E-state index contributed by atoms with van der Waals surface area (Å²) >= 11 is 0. The smallest absolute Gasteiger partial charge is 0.241 e. The van der Waals surface area contributed by atoms with Gasteiger partial charge in [-0.1, -0.05) is 45.4 Å². The maximum absolute atomic E-state index is 12.1. The van der Waals surface area contributed by atoms with Gasteiger partial charge in [-0.15, -0.1) is 0 Å². The number of hydrogen-bond donors (Lipinski definition) is 1. The maximum Gasteiger partial charge on any atom is 0.241 e. The van der Waals surface area contributed by atoms with Crippen molar-refractivity contribution in [2.24, 2.45) is 0 Å². The molecule has 1 rings (SSSR count). The normalized spacial score (nSPS) is 10.4. The van der Waals surface area contributed by atoms with E-state index in [2.05, 4.69) is 44.3 Å². The predicted octanol–water partition coefficient (Wildman–Crippen LogP) is 3.48. The van der Waals surface area contributed by atoms with Crippen LogP contribution < -0.4 is 5.32 Å². The number of benzene rings is 1. The van der Waals surface area contributed by atoms with Gasteiger partial charge in [-0.3, -0.25) is 4.79 Å². The van der Waals surface area contributed by atoms with Gasteiger partial charge in [-0.2, -0.15) is 0 Å². The van der Waals surface area contributed by atoms with Gasteiger partial charge in [0.15, 0.2) is 0 Å². The molecule has 1 N–H and O–H groups in total. The third-order valence-corrected chi connectivity index (χ3v) is 3.69. The Labute approximate surface area is 123 Å². The highest BCUT2D eigenvalue weighted by atomic mass is 16.2. The SMILES string of the molecule is CCCCN(C)C(=O)CNc1c(CC)cccc1CC. The standard InChI is InChI=1S/C17H28N2O/c1-5-8-12-19(4)16(20)13-18-17-14(6-2)10-9-11-15(17)7-3/h9-11,18H,5-8,12-13H2,1-4H3. The Hall–Kier alpha value is -1.51. The molecule has 112 valence electrons. The second kappa shape index (κ2) is 8.62. The van der Waals surface area contributed by atoms with Crippen LogP contribution in [-0.2, 0) is 17.6 Å². The zero-order valence-corrected chi connectivity index (χ0v) is 13.3. The molecule has 0 bridgehead atoms. The largest absolute Gasteiger partial charge is 0.376 e. The van der Waals surface area contributed by atoms with E-state index in [1.165, 1.54) is 11.1 Å². The molecule has 0 aliphatic carbocycles. The summed E-state index contributed by atoms with van der Waals surface area (Å²) in [4.78, 5) is 13.9. The van der Waals surface area contributed by atoms with E-state index in [0.717, 1.165) is 37.9 Å². The molecule has 0 heterocycles. The Bertz CT molecular complexity index is 407. The minimum atomic E-state index is 0.159. The Morgan fingerprint density at radius 2 is 1.75 bits per heavy atom. The van der Waals surface area contributed by atoms with Crippen LogP contribution in [0.5, 0.6) is 0 Å². The number of para-hydroxylation sites is 1. The van der Waals surface area contributed by atoms with Crippen molar-refractivity contribution < 1.29 is 4.79 Å². The Morgan fingerprint density at radius 3 is 2.25 bits per heavy atom. The fourth-order valence-electron chi connectivity index (χ4n) is 2.29. The first-order chi connectivity index (χ1) is 9.63. The molecule has 0 atom stereocenters. The molecule has 0 unspecified atom stereocenters. The molecule has 0 spiro atoms. The molecule has 20 heavy (non-hydrogen) atoms. The van der Waals surface area contributed by atoms with Gasteiger partial charge in [0.05, 0.1) is 6.54 Å². The summed E-state index contributed by atoms with van der Waals surface area (Å²) in [6, 6.07) is 6.36. The van der Waals surface area contributed by atoms with Gasteiger partial charge in [0.25, 0.3) is 0 Å². The summed E-state index contributed by atoms with van der Waals surface area (Å²) in [5.74, 6) is 0.159. The van der Waals surface area contributed by atoms with Gasteiger partial charge in [-0.05, 0) is 30.4 Å². The predicted molar refractivity (Wildman–Crippen MR) is 86.2 cm³/mol. The molecule has 0 aromatic heterocycles. The fourth-order valence-corrected chi connectivity index (χ4v) is 2.29. The number of aryl methyl sites for hydroxylation is 2. The van der Waals surface area contributed by atoms with E-state index >= 15 is 0 Å². The highest BCUT2D eigenvalue weighted by Crippen LogP contribution is 2.22. The summed E-state index contributed by atoms with van der Waals surface area (Å²) in [5.41, 5.74) is 3.72. The number of amides is 1. The number of carbonyl (C=O) groups is 1. The number of rotatable bonds is 8. The lowest BCUT2D eigenvalue weighted by Gasteiger charge is -2.19. The van der Waals surface area contributed by atoms with Crippen molar-refractivity contribution in [2.45, 2.75) is 46.5 Å². The molecule has 0 radical (unpaired) electrons. The number of carbonyl (C=O) groups excluding carboxylic acids is 1. The number of nitrogens with zero attached hydrogens (tertiary/aromatic N) is 1. The van der Waals surface area contributed by atoms with E-state index in [1.807, 2.05) is 11.9 Å². The first-order valence-corrected chi connectivity index (χ1v) is 7.72. The second-order valence-electron chi connectivity index (χ2n) is 5.18. The lowest BCUT2D eigenvalue weighted by Crippen LogP contribution is -2.33. The number of likely N-dealkylation sites (N-methyl/N-ethyl adjacent to an activating group) is 1. The zero-order valence-electron chi connectivity index (χ0n) is 13.3. The van der Waals surface area contributed by atoms with Crippen molar-refractivity contribution in [3.05, 3.63) is 29.3 Å². The van der Waals surface area contributed by atoms with Crippen molar-refractivity contribution >= 4 is 11.6 Å². The Kier molecular flexibility index (Phi) is 7.13. The number of anilines is 1. The van der Waals surface area contributed by atoms with Crippen LogP contribution in [0.15, 0.2) is 18.2 Å². The van der Waals surface area contributed by atoms with Crippen molar-refractivity contribution in [1.29, 1.82) is 0 Å². The molecular formula is C17H28N2O. The maximum atomic E-state index is 12.1. The van der Waals surface area contributed by atoms with Crippen LogP contribution in [-0.4, -0.2) is 30.9 Å². The molecule has 0 saturated carbocycles. The average Bonchev–Trinajstić information content (AvgIpc) is 2.49. The van der Waals surface area contributed by atoms with Gasteiger partial charge >= 0.3 is 0 Å². The molecule has 0 aliphatic rings. The van der Waals surface area contributed by atoms with Gasteiger partial charge in [0.1, 0.15) is 0 Å². The summed E-state index contributed by atoms with van der Waals surface area (Å²) in [6.07, 6.45) is 4.14. The Balaban J connectivity index is 2.67. The Morgan fingerprint density at radius 1 is 1.15 bits per heavy atom. The van der Waals surface area contributed by atoms with Gasteiger partial charge in [0, 0.05) is 19.3 Å². The zero-order chi connectivity index (χ0) is 15.0. The van der Waals surface area contributed by atoms with Crippen LogP contribution >= 0.6 is 0 Å². The van der Waals surface area contributed by atoms with Gasteiger partial charge < -0.3 is 10.2 Å². The summed E-state index contributed by atoms with van der Waals surface area (Å²) in [6.45, 7) is 7.66. The highest BCUT2D eigenvalue weighted by Gasteiger charge is 2.10.